The fraction of sp³-hybridized carbons (Fsp3) is 0. The van der Waals surface area contributed by atoms with Crippen molar-refractivity contribution in [3.05, 3.63) is 58.9 Å². The van der Waals surface area contributed by atoms with Crippen LogP contribution in [0.15, 0.2) is 47.4 Å². The molecular weight excluding hydrogens is 321 g/mol. The van der Waals surface area contributed by atoms with E-state index >= 15 is 0 Å². The number of carbonyl (C=O) groups excluding carboxylic acids is 1. The number of anilines is 1. The average molecular weight is 329 g/mol. The normalized spacial score (nSPS) is 11.1. The molecule has 0 unspecified atom stereocenters. The van der Waals surface area contributed by atoms with E-state index < -0.39 is 21.8 Å². The van der Waals surface area contributed by atoms with Crippen LogP contribution in [0.4, 0.5) is 10.1 Å². The smallest absolute Gasteiger partial charge is 0.261 e. The lowest BCUT2D eigenvalue weighted by Gasteiger charge is -2.10. The summed E-state index contributed by atoms with van der Waals surface area (Å²) >= 11 is 5.56. The van der Waals surface area contributed by atoms with E-state index in [-0.39, 0.29) is 21.2 Å². The standard InChI is InChI=1S/C13H9ClFNO4S/c14-10-2-1-3-11(12(10)15)16-21(19,20)9-6-4-8(5-7-9)13(17)18/h1-7,16H,(H,17,18)/p-1. The van der Waals surface area contributed by atoms with Crippen LogP contribution in [0.1, 0.15) is 10.4 Å². The first-order valence-corrected chi connectivity index (χ1v) is 7.45. The highest BCUT2D eigenvalue weighted by Crippen LogP contribution is 2.24. The van der Waals surface area contributed by atoms with E-state index in [4.69, 9.17) is 11.6 Å². The number of carbonyl (C=O) groups is 1. The zero-order chi connectivity index (χ0) is 15.6. The fourth-order valence-corrected chi connectivity index (χ4v) is 2.79. The molecule has 0 aliphatic heterocycles. The Bertz CT molecular complexity index is 790. The Morgan fingerprint density at radius 1 is 1.14 bits per heavy atom. The van der Waals surface area contributed by atoms with E-state index in [0.29, 0.717) is 0 Å². The van der Waals surface area contributed by atoms with Gasteiger partial charge in [-0.25, -0.2) is 12.8 Å². The van der Waals surface area contributed by atoms with E-state index in [1.165, 1.54) is 18.2 Å². The number of hydrogen-bond donors (Lipinski definition) is 1. The molecule has 1 N–H and O–H groups in total. The van der Waals surface area contributed by atoms with Gasteiger partial charge in [0, 0.05) is 0 Å². The Hall–Kier alpha value is -2.12. The first-order chi connectivity index (χ1) is 9.81. The highest BCUT2D eigenvalue weighted by atomic mass is 35.5. The molecule has 110 valence electrons. The molecule has 0 aromatic heterocycles. The van der Waals surface area contributed by atoms with Crippen LogP contribution in [0.5, 0.6) is 0 Å². The van der Waals surface area contributed by atoms with Gasteiger partial charge in [0.1, 0.15) is 0 Å². The second kappa shape index (κ2) is 5.71. The topological polar surface area (TPSA) is 86.3 Å². The molecule has 0 bridgehead atoms. The Balaban J connectivity index is 2.34. The molecule has 0 spiro atoms. The van der Waals surface area contributed by atoms with Crippen molar-refractivity contribution in [3.8, 4) is 0 Å². The SMILES string of the molecule is O=C([O-])c1ccc(S(=O)(=O)Nc2cccc(Cl)c2F)cc1. The third-order valence-electron chi connectivity index (χ3n) is 2.60. The number of rotatable bonds is 4. The first kappa shape index (κ1) is 15.3. The Kier molecular flexibility index (Phi) is 4.15. The number of carboxylic acid groups (broad SMARTS) is 1. The summed E-state index contributed by atoms with van der Waals surface area (Å²) in [5, 5.41) is 10.4. The Morgan fingerprint density at radius 3 is 2.33 bits per heavy atom. The molecule has 0 amide bonds. The maximum atomic E-state index is 13.7. The third-order valence-corrected chi connectivity index (χ3v) is 4.27. The second-order valence-electron chi connectivity index (χ2n) is 4.02. The molecule has 0 atom stereocenters. The van der Waals surface area contributed by atoms with Crippen molar-refractivity contribution in [3.63, 3.8) is 0 Å². The Morgan fingerprint density at radius 2 is 1.76 bits per heavy atom. The summed E-state index contributed by atoms with van der Waals surface area (Å²) < 4.78 is 39.8. The molecule has 0 saturated carbocycles. The minimum absolute atomic E-state index is 0.164. The molecule has 0 heterocycles. The third kappa shape index (κ3) is 3.32. The highest BCUT2D eigenvalue weighted by molar-refractivity contribution is 7.92. The first-order valence-electron chi connectivity index (χ1n) is 5.59. The van der Waals surface area contributed by atoms with Gasteiger partial charge in [0.2, 0.25) is 0 Å². The van der Waals surface area contributed by atoms with E-state index in [1.54, 1.807) is 0 Å². The fourth-order valence-electron chi connectivity index (χ4n) is 1.56. The van der Waals surface area contributed by atoms with E-state index in [1.807, 2.05) is 4.72 Å². The van der Waals surface area contributed by atoms with Gasteiger partial charge in [-0.05, 0) is 29.8 Å². The van der Waals surface area contributed by atoms with Crippen molar-refractivity contribution in [2.75, 3.05) is 4.72 Å². The second-order valence-corrected chi connectivity index (χ2v) is 6.11. The zero-order valence-electron chi connectivity index (χ0n) is 10.3. The van der Waals surface area contributed by atoms with Gasteiger partial charge < -0.3 is 9.90 Å². The minimum atomic E-state index is -4.06. The van der Waals surface area contributed by atoms with Crippen LogP contribution < -0.4 is 9.83 Å². The molecule has 5 nitrogen and oxygen atoms in total. The lowest BCUT2D eigenvalue weighted by atomic mass is 10.2. The largest absolute Gasteiger partial charge is 0.545 e. The van der Waals surface area contributed by atoms with Crippen LogP contribution in [0.2, 0.25) is 5.02 Å². The summed E-state index contributed by atoms with van der Waals surface area (Å²) in [4.78, 5) is 10.4. The van der Waals surface area contributed by atoms with Gasteiger partial charge in [0.15, 0.2) is 5.82 Å². The van der Waals surface area contributed by atoms with Crippen molar-refractivity contribution < 1.29 is 22.7 Å². The van der Waals surface area contributed by atoms with Gasteiger partial charge in [-0.1, -0.05) is 29.8 Å². The number of aromatic carboxylic acids is 1. The molecule has 8 heteroatoms. The van der Waals surface area contributed by atoms with Crippen LogP contribution in [0.3, 0.4) is 0 Å². The molecule has 2 aromatic rings. The molecular formula is C13H8ClFNO4S-. The highest BCUT2D eigenvalue weighted by Gasteiger charge is 2.17. The lowest BCUT2D eigenvalue weighted by Crippen LogP contribution is -2.22. The van der Waals surface area contributed by atoms with Crippen LogP contribution in [0.25, 0.3) is 0 Å². The summed E-state index contributed by atoms with van der Waals surface area (Å²) in [5.74, 6) is -2.32. The number of halogens is 2. The van der Waals surface area contributed by atoms with Crippen LogP contribution in [0, 0.1) is 5.82 Å². The zero-order valence-corrected chi connectivity index (χ0v) is 11.9. The van der Waals surface area contributed by atoms with Gasteiger partial charge in [-0.3, -0.25) is 4.72 Å². The summed E-state index contributed by atoms with van der Waals surface area (Å²) in [7, 11) is -4.06. The Labute approximate surface area is 125 Å². The summed E-state index contributed by atoms with van der Waals surface area (Å²) in [6.07, 6.45) is 0. The molecule has 0 radical (unpaired) electrons. The monoisotopic (exact) mass is 328 g/mol. The average Bonchev–Trinajstić information content (AvgIpc) is 2.44. The van der Waals surface area contributed by atoms with Crippen molar-refractivity contribution in [2.45, 2.75) is 4.90 Å². The van der Waals surface area contributed by atoms with Crippen LogP contribution in [-0.2, 0) is 10.0 Å². The molecule has 2 rings (SSSR count). The van der Waals surface area contributed by atoms with Crippen LogP contribution >= 0.6 is 11.6 Å². The molecule has 2 aromatic carbocycles. The molecule has 0 aliphatic rings. The quantitative estimate of drug-likeness (QED) is 0.924. The van der Waals surface area contributed by atoms with E-state index in [0.717, 1.165) is 24.3 Å². The number of carboxylic acids is 1. The van der Waals surface area contributed by atoms with Gasteiger partial charge in [0.05, 0.1) is 21.6 Å². The van der Waals surface area contributed by atoms with Gasteiger partial charge >= 0.3 is 0 Å². The summed E-state index contributed by atoms with van der Waals surface area (Å²) in [6, 6.07) is 8.21. The van der Waals surface area contributed by atoms with Gasteiger partial charge in [-0.2, -0.15) is 0 Å². The predicted molar refractivity (Wildman–Crippen MR) is 73.0 cm³/mol. The molecule has 0 saturated heterocycles. The lowest BCUT2D eigenvalue weighted by molar-refractivity contribution is -0.255. The van der Waals surface area contributed by atoms with Crippen molar-refractivity contribution in [1.82, 2.24) is 0 Å². The van der Waals surface area contributed by atoms with Crippen LogP contribution in [-0.4, -0.2) is 14.4 Å². The van der Waals surface area contributed by atoms with Gasteiger partial charge in [0.25, 0.3) is 10.0 Å². The van der Waals surface area contributed by atoms with E-state index in [2.05, 4.69) is 0 Å². The van der Waals surface area contributed by atoms with Crippen molar-refractivity contribution >= 4 is 33.3 Å². The van der Waals surface area contributed by atoms with Gasteiger partial charge in [-0.15, -0.1) is 0 Å². The minimum Gasteiger partial charge on any atom is -0.545 e. The molecule has 21 heavy (non-hydrogen) atoms. The number of nitrogens with one attached hydrogen (secondary N) is 1. The molecule has 0 aliphatic carbocycles. The predicted octanol–water partition coefficient (Wildman–Crippen LogP) is 1.64. The maximum absolute atomic E-state index is 13.7. The summed E-state index contributed by atoms with van der Waals surface area (Å²) in [6.45, 7) is 0. The molecule has 0 fully saturated rings. The number of hydrogen-bond acceptors (Lipinski definition) is 4. The van der Waals surface area contributed by atoms with Crippen molar-refractivity contribution in [1.29, 1.82) is 0 Å². The van der Waals surface area contributed by atoms with Crippen molar-refractivity contribution in [2.24, 2.45) is 0 Å². The maximum Gasteiger partial charge on any atom is 0.261 e. The number of benzene rings is 2. The van der Waals surface area contributed by atoms with E-state index in [9.17, 15) is 22.7 Å². The number of sulfonamides is 1. The summed E-state index contributed by atoms with van der Waals surface area (Å²) in [5.41, 5.74) is -0.464.